The summed E-state index contributed by atoms with van der Waals surface area (Å²) < 4.78 is 36.4. The Morgan fingerprint density at radius 3 is 2.70 bits per heavy atom. The van der Waals surface area contributed by atoms with Gasteiger partial charge in [0.15, 0.2) is 5.96 Å². The number of hydrogen-bond donors (Lipinski definition) is 2. The Morgan fingerprint density at radius 2 is 2.15 bits per heavy atom. The summed E-state index contributed by atoms with van der Waals surface area (Å²) in [6.45, 7) is 0.432. The Balaban J connectivity index is 2.21. The third-order valence-electron chi connectivity index (χ3n) is 2.47. The van der Waals surface area contributed by atoms with E-state index in [1.54, 1.807) is 18.4 Å². The maximum Gasteiger partial charge on any atom is 0.401 e. The normalized spacial score (nSPS) is 12.8. The van der Waals surface area contributed by atoms with E-state index >= 15 is 0 Å². The fourth-order valence-corrected chi connectivity index (χ4v) is 2.20. The highest BCUT2D eigenvalue weighted by molar-refractivity contribution is 7.09. The van der Waals surface area contributed by atoms with Crippen molar-refractivity contribution in [2.75, 3.05) is 33.7 Å². The monoisotopic (exact) mass is 308 g/mol. The van der Waals surface area contributed by atoms with Crippen molar-refractivity contribution in [3.8, 4) is 0 Å². The molecule has 0 aliphatic rings. The number of rotatable bonds is 6. The summed E-state index contributed by atoms with van der Waals surface area (Å²) in [6, 6.07) is 3.96. The highest BCUT2D eigenvalue weighted by atomic mass is 32.1. The topological polar surface area (TPSA) is 39.7 Å². The minimum Gasteiger partial charge on any atom is -0.355 e. The highest BCUT2D eigenvalue weighted by Gasteiger charge is 2.28. The number of nitrogens with one attached hydrogen (secondary N) is 2. The largest absolute Gasteiger partial charge is 0.401 e. The molecule has 0 radical (unpaired) electrons. The summed E-state index contributed by atoms with van der Waals surface area (Å²) in [6.07, 6.45) is -4.16. The molecule has 0 amide bonds. The molecule has 1 aromatic heterocycles. The number of halogens is 3. The molecule has 2 N–H and O–H groups in total. The molecule has 1 heterocycles. The van der Waals surface area contributed by atoms with Gasteiger partial charge in [0.2, 0.25) is 0 Å². The van der Waals surface area contributed by atoms with Gasteiger partial charge in [0, 0.05) is 25.0 Å². The Hall–Kier alpha value is -1.28. The van der Waals surface area contributed by atoms with Crippen LogP contribution in [0.4, 0.5) is 13.2 Å². The summed E-state index contributed by atoms with van der Waals surface area (Å²) in [7, 11) is 3.07. The lowest BCUT2D eigenvalue weighted by Gasteiger charge is -2.19. The van der Waals surface area contributed by atoms with Crippen LogP contribution in [0.2, 0.25) is 0 Å². The molecule has 1 rings (SSSR count). The molecular formula is C12H19F3N4S. The van der Waals surface area contributed by atoms with Crippen molar-refractivity contribution >= 4 is 17.3 Å². The van der Waals surface area contributed by atoms with Gasteiger partial charge in [0.05, 0.1) is 13.1 Å². The molecule has 114 valence electrons. The molecule has 0 saturated carbocycles. The zero-order valence-electron chi connectivity index (χ0n) is 11.5. The SMILES string of the molecule is CN=C(NCCN(C)CC(F)(F)F)NCc1cccs1. The zero-order chi connectivity index (χ0) is 15.0. The van der Waals surface area contributed by atoms with Crippen molar-refractivity contribution in [2.24, 2.45) is 4.99 Å². The van der Waals surface area contributed by atoms with Crippen LogP contribution in [0.3, 0.4) is 0 Å². The maximum absolute atomic E-state index is 12.1. The van der Waals surface area contributed by atoms with Gasteiger partial charge in [-0.3, -0.25) is 9.89 Å². The summed E-state index contributed by atoms with van der Waals surface area (Å²) in [5.74, 6) is 0.582. The van der Waals surface area contributed by atoms with Crippen LogP contribution < -0.4 is 10.6 Å². The van der Waals surface area contributed by atoms with Crippen LogP contribution in [0.15, 0.2) is 22.5 Å². The van der Waals surface area contributed by atoms with Crippen LogP contribution in [-0.2, 0) is 6.54 Å². The van der Waals surface area contributed by atoms with E-state index in [0.29, 0.717) is 25.6 Å². The van der Waals surface area contributed by atoms with Gasteiger partial charge in [0.25, 0.3) is 0 Å². The first kappa shape index (κ1) is 16.8. The molecule has 0 fully saturated rings. The molecule has 1 aromatic rings. The Morgan fingerprint density at radius 1 is 1.40 bits per heavy atom. The van der Waals surface area contributed by atoms with Crippen LogP contribution in [0, 0.1) is 0 Å². The van der Waals surface area contributed by atoms with E-state index in [4.69, 9.17) is 0 Å². The molecular weight excluding hydrogens is 289 g/mol. The van der Waals surface area contributed by atoms with Gasteiger partial charge in [-0.05, 0) is 18.5 Å². The molecule has 0 bridgehead atoms. The quantitative estimate of drug-likeness (QED) is 0.623. The third kappa shape index (κ3) is 7.34. The minimum atomic E-state index is -4.16. The number of guanidine groups is 1. The van der Waals surface area contributed by atoms with Crippen molar-refractivity contribution < 1.29 is 13.2 Å². The molecule has 8 heteroatoms. The van der Waals surface area contributed by atoms with E-state index < -0.39 is 12.7 Å². The standard InChI is InChI=1S/C12H19F3N4S/c1-16-11(18-8-10-4-3-7-20-10)17-5-6-19(2)9-12(13,14)15/h3-4,7H,5-6,8-9H2,1-2H3,(H2,16,17,18). The number of hydrogen-bond acceptors (Lipinski definition) is 3. The van der Waals surface area contributed by atoms with E-state index in [0.717, 1.165) is 0 Å². The van der Waals surface area contributed by atoms with Crippen molar-refractivity contribution in [2.45, 2.75) is 12.7 Å². The molecule has 0 aliphatic heterocycles. The van der Waals surface area contributed by atoms with Crippen LogP contribution in [0.5, 0.6) is 0 Å². The van der Waals surface area contributed by atoms with E-state index in [-0.39, 0.29) is 0 Å². The van der Waals surface area contributed by atoms with Gasteiger partial charge in [-0.1, -0.05) is 6.07 Å². The second kappa shape index (κ2) is 8.11. The van der Waals surface area contributed by atoms with E-state index in [1.807, 2.05) is 17.5 Å². The second-order valence-electron chi connectivity index (χ2n) is 4.28. The lowest BCUT2D eigenvalue weighted by atomic mass is 10.4. The van der Waals surface area contributed by atoms with Gasteiger partial charge in [0.1, 0.15) is 0 Å². The lowest BCUT2D eigenvalue weighted by molar-refractivity contribution is -0.142. The predicted molar refractivity (Wildman–Crippen MR) is 76.1 cm³/mol. The van der Waals surface area contributed by atoms with E-state index in [9.17, 15) is 13.2 Å². The van der Waals surface area contributed by atoms with Crippen LogP contribution >= 0.6 is 11.3 Å². The number of alkyl halides is 3. The molecule has 0 unspecified atom stereocenters. The van der Waals surface area contributed by atoms with E-state index in [1.165, 1.54) is 16.8 Å². The lowest BCUT2D eigenvalue weighted by Crippen LogP contribution is -2.42. The van der Waals surface area contributed by atoms with Gasteiger partial charge in [-0.25, -0.2) is 0 Å². The molecule has 20 heavy (non-hydrogen) atoms. The molecule has 0 aromatic carbocycles. The van der Waals surface area contributed by atoms with Crippen molar-refractivity contribution in [3.63, 3.8) is 0 Å². The summed E-state index contributed by atoms with van der Waals surface area (Å²) >= 11 is 1.63. The van der Waals surface area contributed by atoms with Crippen LogP contribution in [0.25, 0.3) is 0 Å². The fourth-order valence-electron chi connectivity index (χ4n) is 1.55. The maximum atomic E-state index is 12.1. The first-order chi connectivity index (χ1) is 9.40. The van der Waals surface area contributed by atoms with Crippen molar-refractivity contribution in [1.82, 2.24) is 15.5 Å². The van der Waals surface area contributed by atoms with Gasteiger partial charge >= 0.3 is 6.18 Å². The summed E-state index contributed by atoms with van der Waals surface area (Å²) in [5.41, 5.74) is 0. The predicted octanol–water partition coefficient (Wildman–Crippen LogP) is 1.91. The summed E-state index contributed by atoms with van der Waals surface area (Å²) in [5, 5.41) is 8.07. The molecule has 4 nitrogen and oxygen atoms in total. The average Bonchev–Trinajstić information content (AvgIpc) is 2.84. The number of nitrogens with zero attached hydrogens (tertiary/aromatic N) is 2. The smallest absolute Gasteiger partial charge is 0.355 e. The Kier molecular flexibility index (Phi) is 6.80. The number of likely N-dealkylation sites (N-methyl/N-ethyl adjacent to an activating group) is 1. The molecule has 0 saturated heterocycles. The first-order valence-corrected chi connectivity index (χ1v) is 7.01. The third-order valence-corrected chi connectivity index (χ3v) is 3.35. The molecule has 0 spiro atoms. The highest BCUT2D eigenvalue weighted by Crippen LogP contribution is 2.14. The molecule has 0 aliphatic carbocycles. The van der Waals surface area contributed by atoms with Crippen LogP contribution in [-0.4, -0.2) is 50.8 Å². The minimum absolute atomic E-state index is 0.291. The number of aliphatic imine (C=N–C) groups is 1. The van der Waals surface area contributed by atoms with E-state index in [2.05, 4.69) is 15.6 Å². The number of thiophene rings is 1. The fraction of sp³-hybridized carbons (Fsp3) is 0.583. The summed E-state index contributed by atoms with van der Waals surface area (Å²) in [4.78, 5) is 6.41. The van der Waals surface area contributed by atoms with Crippen molar-refractivity contribution in [1.29, 1.82) is 0 Å². The van der Waals surface area contributed by atoms with Gasteiger partial charge in [-0.15, -0.1) is 11.3 Å². The van der Waals surface area contributed by atoms with Gasteiger partial charge < -0.3 is 10.6 Å². The Labute approximate surface area is 120 Å². The average molecular weight is 308 g/mol. The second-order valence-corrected chi connectivity index (χ2v) is 5.32. The van der Waals surface area contributed by atoms with Crippen LogP contribution in [0.1, 0.15) is 4.88 Å². The van der Waals surface area contributed by atoms with Gasteiger partial charge in [-0.2, -0.15) is 13.2 Å². The Bertz CT molecular complexity index is 403. The van der Waals surface area contributed by atoms with Crippen molar-refractivity contribution in [3.05, 3.63) is 22.4 Å². The zero-order valence-corrected chi connectivity index (χ0v) is 12.3. The first-order valence-electron chi connectivity index (χ1n) is 6.13. The molecule has 0 atom stereocenters.